The Morgan fingerprint density at radius 2 is 1.89 bits per heavy atom. The lowest BCUT2D eigenvalue weighted by Crippen LogP contribution is -1.61. The van der Waals surface area contributed by atoms with E-state index in [-0.39, 0.29) is 0 Å². The Kier molecular flexibility index (Phi) is 2.91. The molecule has 0 heterocycles. The predicted octanol–water partition coefficient (Wildman–Crippen LogP) is 2.64. The van der Waals surface area contributed by atoms with Gasteiger partial charge in [0.25, 0.3) is 0 Å². The molecule has 0 unspecified atom stereocenters. The summed E-state index contributed by atoms with van der Waals surface area (Å²) in [4.78, 5) is 0. The third-order valence-electron chi connectivity index (χ3n) is 1.25. The third kappa shape index (κ3) is 2.91. The Morgan fingerprint density at radius 1 is 1.00 bits per heavy atom. The molecule has 1 aliphatic carbocycles. The van der Waals surface area contributed by atoms with Crippen molar-refractivity contribution in [3.63, 3.8) is 0 Å². The van der Waals surface area contributed by atoms with Gasteiger partial charge in [-0.3, -0.25) is 0 Å². The molecule has 0 amide bonds. The van der Waals surface area contributed by atoms with Gasteiger partial charge in [0, 0.05) is 0 Å². The lowest BCUT2D eigenvalue weighted by molar-refractivity contribution is 1.05. The topological polar surface area (TPSA) is 0 Å². The summed E-state index contributed by atoms with van der Waals surface area (Å²) >= 11 is 0. The maximum Gasteiger partial charge on any atom is -0.00946 e. The van der Waals surface area contributed by atoms with E-state index in [0.717, 1.165) is 12.8 Å². The van der Waals surface area contributed by atoms with Crippen molar-refractivity contribution >= 4 is 0 Å². The van der Waals surface area contributed by atoms with E-state index >= 15 is 0 Å². The second kappa shape index (κ2) is 4.13. The zero-order valence-corrected chi connectivity index (χ0v) is 5.51. The van der Waals surface area contributed by atoms with Gasteiger partial charge in [0.15, 0.2) is 0 Å². The van der Waals surface area contributed by atoms with E-state index in [0.29, 0.717) is 0 Å². The monoisotopic (exact) mass is 119 g/mol. The van der Waals surface area contributed by atoms with Crippen LogP contribution in [0, 0.1) is 6.08 Å². The summed E-state index contributed by atoms with van der Waals surface area (Å²) < 4.78 is 0. The van der Waals surface area contributed by atoms with Crippen LogP contribution in [0.5, 0.6) is 0 Å². The van der Waals surface area contributed by atoms with Crippen LogP contribution in [0.15, 0.2) is 30.4 Å². The molecule has 0 aromatic heterocycles. The maximum absolute atomic E-state index is 3.13. The summed E-state index contributed by atoms with van der Waals surface area (Å²) in [6.45, 7) is 0. The zero-order chi connectivity index (χ0) is 6.36. The first-order valence-electron chi connectivity index (χ1n) is 3.37. The number of allylic oxidation sites excluding steroid dienone is 6. The zero-order valence-electron chi connectivity index (χ0n) is 5.51. The first-order valence-corrected chi connectivity index (χ1v) is 3.37. The highest BCUT2D eigenvalue weighted by molar-refractivity contribution is 5.03. The molecule has 9 heavy (non-hydrogen) atoms. The molecule has 0 spiro atoms. The van der Waals surface area contributed by atoms with Crippen molar-refractivity contribution in [3.05, 3.63) is 36.5 Å². The Hall–Kier alpha value is -0.780. The number of rotatable bonds is 0. The van der Waals surface area contributed by atoms with E-state index in [2.05, 4.69) is 30.4 Å². The van der Waals surface area contributed by atoms with E-state index < -0.39 is 0 Å². The Balaban J connectivity index is 2.43. The molecule has 1 rings (SSSR count). The predicted molar refractivity (Wildman–Crippen MR) is 39.9 cm³/mol. The Morgan fingerprint density at radius 3 is 2.89 bits per heavy atom. The standard InChI is InChI=1S/C9H11/c1-2-4-6-8-9-7-5-3-1/h1-3,8-9H,4,6-7H2/b2-1-,5-3?,9-8-. The van der Waals surface area contributed by atoms with E-state index in [1.807, 2.05) is 6.08 Å². The van der Waals surface area contributed by atoms with Crippen molar-refractivity contribution < 1.29 is 0 Å². The lowest BCUT2D eigenvalue weighted by atomic mass is 10.3. The lowest BCUT2D eigenvalue weighted by Gasteiger charge is -1.81. The van der Waals surface area contributed by atoms with Gasteiger partial charge in [0.1, 0.15) is 0 Å². The van der Waals surface area contributed by atoms with Gasteiger partial charge in [0.2, 0.25) is 0 Å². The van der Waals surface area contributed by atoms with Crippen molar-refractivity contribution in [2.24, 2.45) is 0 Å². The van der Waals surface area contributed by atoms with Gasteiger partial charge < -0.3 is 0 Å². The molecule has 0 bridgehead atoms. The van der Waals surface area contributed by atoms with Crippen molar-refractivity contribution in [2.45, 2.75) is 19.3 Å². The first kappa shape index (κ1) is 6.34. The van der Waals surface area contributed by atoms with Gasteiger partial charge in [-0.15, -0.1) is 0 Å². The van der Waals surface area contributed by atoms with Crippen LogP contribution < -0.4 is 0 Å². The molecular formula is C9H11. The van der Waals surface area contributed by atoms with Crippen LogP contribution in [-0.4, -0.2) is 0 Å². The summed E-state index contributed by atoms with van der Waals surface area (Å²) in [5.74, 6) is 0. The fourth-order valence-electron chi connectivity index (χ4n) is 0.762. The highest BCUT2D eigenvalue weighted by Gasteiger charge is 1.78. The minimum absolute atomic E-state index is 0.963. The van der Waals surface area contributed by atoms with E-state index in [1.165, 1.54) is 6.42 Å². The molecular weight excluding hydrogens is 108 g/mol. The van der Waals surface area contributed by atoms with Gasteiger partial charge in [0.05, 0.1) is 0 Å². The quantitative estimate of drug-likeness (QED) is 0.430. The van der Waals surface area contributed by atoms with Gasteiger partial charge in [-0.05, 0) is 25.3 Å². The first-order chi connectivity index (χ1) is 4.50. The molecule has 0 nitrogen and oxygen atoms in total. The highest BCUT2D eigenvalue weighted by atomic mass is 13.8. The maximum atomic E-state index is 3.13. The minimum atomic E-state index is 0.963. The summed E-state index contributed by atoms with van der Waals surface area (Å²) in [5, 5.41) is 0. The average molecular weight is 119 g/mol. The third-order valence-corrected chi connectivity index (χ3v) is 1.25. The largest absolute Gasteiger partial charge is 0.0879 e. The van der Waals surface area contributed by atoms with Crippen LogP contribution in [0.2, 0.25) is 0 Å². The fourth-order valence-corrected chi connectivity index (χ4v) is 0.762. The molecule has 0 saturated carbocycles. The second-order valence-electron chi connectivity index (χ2n) is 2.05. The van der Waals surface area contributed by atoms with Gasteiger partial charge in [-0.25, -0.2) is 0 Å². The van der Waals surface area contributed by atoms with Crippen LogP contribution in [0.4, 0.5) is 0 Å². The molecule has 0 aromatic rings. The molecule has 47 valence electrons. The number of hydrogen-bond donors (Lipinski definition) is 0. The molecule has 0 heteroatoms. The molecule has 0 N–H and O–H groups in total. The Bertz CT molecular complexity index is 138. The minimum Gasteiger partial charge on any atom is -0.0879 e. The van der Waals surface area contributed by atoms with Crippen molar-refractivity contribution in [1.82, 2.24) is 0 Å². The van der Waals surface area contributed by atoms with Gasteiger partial charge >= 0.3 is 0 Å². The smallest absolute Gasteiger partial charge is 0.00946 e. The summed E-state index contributed by atoms with van der Waals surface area (Å²) in [5.41, 5.74) is 0. The van der Waals surface area contributed by atoms with E-state index in [9.17, 15) is 0 Å². The van der Waals surface area contributed by atoms with Crippen LogP contribution in [0.1, 0.15) is 19.3 Å². The fraction of sp³-hybridized carbons (Fsp3) is 0.333. The highest BCUT2D eigenvalue weighted by Crippen LogP contribution is 1.97. The summed E-state index contributed by atoms with van der Waals surface area (Å²) in [6.07, 6.45) is 17.0. The molecule has 0 fully saturated rings. The average Bonchev–Trinajstić information content (AvgIpc) is 2.00. The van der Waals surface area contributed by atoms with E-state index in [1.54, 1.807) is 0 Å². The second-order valence-corrected chi connectivity index (χ2v) is 2.05. The van der Waals surface area contributed by atoms with Crippen LogP contribution in [0.25, 0.3) is 0 Å². The molecule has 1 aliphatic rings. The molecule has 1 radical (unpaired) electrons. The molecule has 0 atom stereocenters. The van der Waals surface area contributed by atoms with Crippen LogP contribution in [0.3, 0.4) is 0 Å². The summed E-state index contributed by atoms with van der Waals surface area (Å²) in [7, 11) is 0. The van der Waals surface area contributed by atoms with Crippen molar-refractivity contribution in [1.29, 1.82) is 0 Å². The normalized spacial score (nSPS) is 29.3. The Labute approximate surface area is 56.6 Å². The summed E-state index contributed by atoms with van der Waals surface area (Å²) in [6, 6.07) is 0. The van der Waals surface area contributed by atoms with Crippen molar-refractivity contribution in [2.75, 3.05) is 0 Å². The molecule has 0 saturated heterocycles. The van der Waals surface area contributed by atoms with Gasteiger partial charge in [-0.2, -0.15) is 0 Å². The van der Waals surface area contributed by atoms with E-state index in [4.69, 9.17) is 0 Å². The van der Waals surface area contributed by atoms with Crippen molar-refractivity contribution in [3.8, 4) is 0 Å². The van der Waals surface area contributed by atoms with Crippen LogP contribution >= 0.6 is 0 Å². The van der Waals surface area contributed by atoms with Gasteiger partial charge in [-0.1, -0.05) is 30.4 Å². The van der Waals surface area contributed by atoms with Crippen LogP contribution in [-0.2, 0) is 0 Å². The SMILES string of the molecule is [C]1=C\C=C/CC/C=C\C/1. The molecule has 0 aliphatic heterocycles. The number of hydrogen-bond acceptors (Lipinski definition) is 0. The molecule has 0 aromatic carbocycles.